The summed E-state index contributed by atoms with van der Waals surface area (Å²) in [6, 6.07) is 11.0. The van der Waals surface area contributed by atoms with Crippen LogP contribution in [-0.4, -0.2) is 19.2 Å². The van der Waals surface area contributed by atoms with Gasteiger partial charge in [-0.2, -0.15) is 0 Å². The summed E-state index contributed by atoms with van der Waals surface area (Å²) in [6.45, 7) is 6.17. The van der Waals surface area contributed by atoms with Gasteiger partial charge in [0.25, 0.3) is 0 Å². The lowest BCUT2D eigenvalue weighted by atomic mass is 10.1. The molecule has 20 heavy (non-hydrogen) atoms. The van der Waals surface area contributed by atoms with Gasteiger partial charge in [-0.05, 0) is 37.1 Å². The lowest BCUT2D eigenvalue weighted by molar-refractivity contribution is 0.595. The summed E-state index contributed by atoms with van der Waals surface area (Å²) in [5, 5.41) is 0. The minimum Gasteiger partial charge on any atom is -0.362 e. The van der Waals surface area contributed by atoms with Gasteiger partial charge in [-0.15, -0.1) is 0 Å². The summed E-state index contributed by atoms with van der Waals surface area (Å²) in [5.74, 6) is 0.561. The highest BCUT2D eigenvalue weighted by Crippen LogP contribution is 2.16. The van der Waals surface area contributed by atoms with Crippen LogP contribution in [0.1, 0.15) is 36.7 Å². The SMILES string of the molecule is Cc1ccc(S(=O)(=O)CCc2ccc(C(C)C)[nH]2)cc1. The minimum atomic E-state index is -3.21. The zero-order valence-electron chi connectivity index (χ0n) is 12.2. The highest BCUT2D eigenvalue weighted by atomic mass is 32.2. The maximum Gasteiger partial charge on any atom is 0.178 e. The number of aromatic nitrogens is 1. The van der Waals surface area contributed by atoms with Crippen molar-refractivity contribution in [2.75, 3.05) is 5.75 Å². The van der Waals surface area contributed by atoms with Gasteiger partial charge in [0.1, 0.15) is 0 Å². The number of sulfone groups is 1. The Morgan fingerprint density at radius 3 is 2.25 bits per heavy atom. The van der Waals surface area contributed by atoms with E-state index in [-0.39, 0.29) is 5.75 Å². The van der Waals surface area contributed by atoms with Crippen molar-refractivity contribution >= 4 is 9.84 Å². The van der Waals surface area contributed by atoms with E-state index in [2.05, 4.69) is 18.8 Å². The third-order valence-corrected chi connectivity index (χ3v) is 5.14. The molecule has 1 aromatic heterocycles. The number of benzene rings is 1. The molecule has 3 nitrogen and oxygen atoms in total. The van der Waals surface area contributed by atoms with E-state index in [1.54, 1.807) is 12.1 Å². The van der Waals surface area contributed by atoms with E-state index in [0.29, 0.717) is 17.2 Å². The van der Waals surface area contributed by atoms with Crippen LogP contribution in [0.2, 0.25) is 0 Å². The molecular formula is C16H21NO2S. The molecule has 0 aliphatic rings. The lowest BCUT2D eigenvalue weighted by Crippen LogP contribution is -2.09. The maximum absolute atomic E-state index is 12.2. The second-order valence-corrected chi connectivity index (χ2v) is 7.58. The fraction of sp³-hybridized carbons (Fsp3) is 0.375. The fourth-order valence-corrected chi connectivity index (χ4v) is 3.32. The summed E-state index contributed by atoms with van der Waals surface area (Å²) in [4.78, 5) is 3.68. The van der Waals surface area contributed by atoms with Gasteiger partial charge in [-0.25, -0.2) is 8.42 Å². The normalized spacial score (nSPS) is 12.0. The second-order valence-electron chi connectivity index (χ2n) is 5.48. The van der Waals surface area contributed by atoms with Crippen LogP contribution < -0.4 is 0 Å². The van der Waals surface area contributed by atoms with Gasteiger partial charge < -0.3 is 4.98 Å². The highest BCUT2D eigenvalue weighted by Gasteiger charge is 2.14. The van der Waals surface area contributed by atoms with Crippen LogP contribution in [0, 0.1) is 6.92 Å². The maximum atomic E-state index is 12.2. The van der Waals surface area contributed by atoms with E-state index in [1.165, 1.54) is 0 Å². The summed E-state index contributed by atoms with van der Waals surface area (Å²) in [5.41, 5.74) is 3.19. The lowest BCUT2D eigenvalue weighted by Gasteiger charge is -2.05. The largest absolute Gasteiger partial charge is 0.362 e. The summed E-state index contributed by atoms with van der Waals surface area (Å²) in [6.07, 6.45) is 0.517. The first-order chi connectivity index (χ1) is 9.38. The summed E-state index contributed by atoms with van der Waals surface area (Å²) < 4.78 is 24.5. The molecular weight excluding hydrogens is 270 g/mol. The molecule has 2 aromatic rings. The van der Waals surface area contributed by atoms with E-state index in [1.807, 2.05) is 31.2 Å². The standard InChI is InChI=1S/C16H21NO2S/c1-12(2)16-9-6-14(17-16)10-11-20(18,19)15-7-4-13(3)5-8-15/h4-9,12,17H,10-11H2,1-3H3. The smallest absolute Gasteiger partial charge is 0.178 e. The van der Waals surface area contributed by atoms with E-state index in [0.717, 1.165) is 17.0 Å². The number of aromatic amines is 1. The number of hydrogen-bond acceptors (Lipinski definition) is 2. The minimum absolute atomic E-state index is 0.133. The molecule has 4 heteroatoms. The molecule has 0 fully saturated rings. The zero-order chi connectivity index (χ0) is 14.8. The Morgan fingerprint density at radius 1 is 1.05 bits per heavy atom. The third-order valence-electron chi connectivity index (χ3n) is 3.41. The van der Waals surface area contributed by atoms with Crippen LogP contribution in [0.4, 0.5) is 0 Å². The Hall–Kier alpha value is -1.55. The zero-order valence-corrected chi connectivity index (χ0v) is 13.0. The van der Waals surface area contributed by atoms with Crippen molar-refractivity contribution in [3.05, 3.63) is 53.3 Å². The van der Waals surface area contributed by atoms with Gasteiger partial charge in [-0.1, -0.05) is 31.5 Å². The first-order valence-electron chi connectivity index (χ1n) is 6.86. The second kappa shape index (κ2) is 5.83. The van der Waals surface area contributed by atoms with Crippen LogP contribution in [-0.2, 0) is 16.3 Å². The van der Waals surface area contributed by atoms with Crippen LogP contribution in [0.3, 0.4) is 0 Å². The average molecular weight is 291 g/mol. The van der Waals surface area contributed by atoms with Crippen LogP contribution >= 0.6 is 0 Å². The van der Waals surface area contributed by atoms with Crippen molar-refractivity contribution in [1.29, 1.82) is 0 Å². The summed E-state index contributed by atoms with van der Waals surface area (Å²) in [7, 11) is -3.21. The molecule has 0 saturated carbocycles. The quantitative estimate of drug-likeness (QED) is 0.917. The van der Waals surface area contributed by atoms with E-state index >= 15 is 0 Å². The monoisotopic (exact) mass is 291 g/mol. The van der Waals surface area contributed by atoms with Crippen molar-refractivity contribution in [1.82, 2.24) is 4.98 Å². The molecule has 0 spiro atoms. The van der Waals surface area contributed by atoms with Crippen LogP contribution in [0.15, 0.2) is 41.3 Å². The predicted molar refractivity (Wildman–Crippen MR) is 81.8 cm³/mol. The van der Waals surface area contributed by atoms with Crippen LogP contribution in [0.25, 0.3) is 0 Å². The van der Waals surface area contributed by atoms with Crippen molar-refractivity contribution < 1.29 is 8.42 Å². The molecule has 0 unspecified atom stereocenters. The van der Waals surface area contributed by atoms with Gasteiger partial charge in [-0.3, -0.25) is 0 Å². The van der Waals surface area contributed by atoms with Gasteiger partial charge in [0.05, 0.1) is 10.6 Å². The molecule has 1 heterocycles. The molecule has 0 aliphatic heterocycles. The average Bonchev–Trinajstić information content (AvgIpc) is 2.86. The van der Waals surface area contributed by atoms with Gasteiger partial charge >= 0.3 is 0 Å². The van der Waals surface area contributed by atoms with Crippen molar-refractivity contribution in [3.63, 3.8) is 0 Å². The van der Waals surface area contributed by atoms with Crippen molar-refractivity contribution in [3.8, 4) is 0 Å². The Balaban J connectivity index is 2.07. The molecule has 0 radical (unpaired) electrons. The van der Waals surface area contributed by atoms with Crippen LogP contribution in [0.5, 0.6) is 0 Å². The predicted octanol–water partition coefficient (Wildman–Crippen LogP) is 3.46. The van der Waals surface area contributed by atoms with Crippen molar-refractivity contribution in [2.45, 2.75) is 38.0 Å². The van der Waals surface area contributed by atoms with E-state index in [4.69, 9.17) is 0 Å². The molecule has 108 valence electrons. The third kappa shape index (κ3) is 3.51. The topological polar surface area (TPSA) is 49.9 Å². The Labute approximate surface area is 121 Å². The molecule has 1 aromatic carbocycles. The Bertz CT molecular complexity index is 667. The molecule has 1 N–H and O–H groups in total. The fourth-order valence-electron chi connectivity index (χ4n) is 2.05. The van der Waals surface area contributed by atoms with Gasteiger partial charge in [0.2, 0.25) is 0 Å². The number of hydrogen-bond donors (Lipinski definition) is 1. The van der Waals surface area contributed by atoms with E-state index < -0.39 is 9.84 Å². The van der Waals surface area contributed by atoms with E-state index in [9.17, 15) is 8.42 Å². The number of H-pyrrole nitrogens is 1. The molecule has 0 aliphatic carbocycles. The Morgan fingerprint density at radius 2 is 1.70 bits per heavy atom. The molecule has 0 amide bonds. The first-order valence-corrected chi connectivity index (χ1v) is 8.51. The number of nitrogens with one attached hydrogen (secondary N) is 1. The number of aryl methyl sites for hydroxylation is 2. The van der Waals surface area contributed by atoms with Gasteiger partial charge in [0, 0.05) is 17.8 Å². The first kappa shape index (κ1) is 14.9. The number of rotatable bonds is 5. The molecule has 0 saturated heterocycles. The molecule has 2 rings (SSSR count). The molecule has 0 bridgehead atoms. The molecule has 0 atom stereocenters. The Kier molecular flexibility index (Phi) is 4.33. The van der Waals surface area contributed by atoms with Crippen molar-refractivity contribution in [2.24, 2.45) is 0 Å². The summed E-state index contributed by atoms with van der Waals surface area (Å²) >= 11 is 0. The van der Waals surface area contributed by atoms with Gasteiger partial charge in [0.15, 0.2) is 9.84 Å². The highest BCUT2D eigenvalue weighted by molar-refractivity contribution is 7.91.